The third-order valence-electron chi connectivity index (χ3n) is 1.87. The molecule has 13 heavy (non-hydrogen) atoms. The minimum Gasteiger partial charge on any atom is -0.494 e. The van der Waals surface area contributed by atoms with Gasteiger partial charge in [-0.2, -0.15) is 0 Å². The van der Waals surface area contributed by atoms with E-state index in [2.05, 4.69) is 0 Å². The highest BCUT2D eigenvalue weighted by Gasteiger charge is 2.03. The molecule has 1 N–H and O–H groups in total. The minimum atomic E-state index is -0.431. The van der Waals surface area contributed by atoms with E-state index in [9.17, 15) is 5.11 Å². The van der Waals surface area contributed by atoms with Crippen LogP contribution in [-0.4, -0.2) is 11.7 Å². The Morgan fingerprint density at radius 2 is 2.08 bits per heavy atom. The summed E-state index contributed by atoms with van der Waals surface area (Å²) < 4.78 is 5.37. The standard InChI is InChI=1S/C11H16O2/c1-4-13-11-6-8(2)5-10(7-11)9(3)12/h5-7,9,12H,4H2,1-3H3. The normalized spacial score (nSPS) is 12.6. The lowest BCUT2D eigenvalue weighted by molar-refractivity contribution is 0.198. The van der Waals surface area contributed by atoms with Crippen LogP contribution in [0.4, 0.5) is 0 Å². The third kappa shape index (κ3) is 2.74. The van der Waals surface area contributed by atoms with Gasteiger partial charge in [0.15, 0.2) is 0 Å². The number of benzene rings is 1. The van der Waals surface area contributed by atoms with Crippen molar-refractivity contribution in [2.24, 2.45) is 0 Å². The number of aryl methyl sites for hydroxylation is 1. The fraction of sp³-hybridized carbons (Fsp3) is 0.455. The topological polar surface area (TPSA) is 29.5 Å². The third-order valence-corrected chi connectivity index (χ3v) is 1.87. The quantitative estimate of drug-likeness (QED) is 0.774. The van der Waals surface area contributed by atoms with Gasteiger partial charge in [-0.25, -0.2) is 0 Å². The van der Waals surface area contributed by atoms with Crippen LogP contribution in [-0.2, 0) is 0 Å². The van der Waals surface area contributed by atoms with Crippen molar-refractivity contribution in [1.82, 2.24) is 0 Å². The molecule has 0 amide bonds. The van der Waals surface area contributed by atoms with Gasteiger partial charge in [-0.1, -0.05) is 6.07 Å². The Morgan fingerprint density at radius 1 is 1.38 bits per heavy atom. The van der Waals surface area contributed by atoms with Crippen LogP contribution in [0, 0.1) is 6.92 Å². The first-order valence-electron chi connectivity index (χ1n) is 4.56. The van der Waals surface area contributed by atoms with Gasteiger partial charge < -0.3 is 9.84 Å². The molecule has 0 aliphatic rings. The molecule has 1 atom stereocenters. The van der Waals surface area contributed by atoms with Crippen LogP contribution in [0.15, 0.2) is 18.2 Å². The van der Waals surface area contributed by atoms with Crippen molar-refractivity contribution in [2.75, 3.05) is 6.61 Å². The Labute approximate surface area is 79.2 Å². The second-order valence-corrected chi connectivity index (χ2v) is 3.19. The summed E-state index contributed by atoms with van der Waals surface area (Å²) in [6.45, 7) is 6.35. The second-order valence-electron chi connectivity index (χ2n) is 3.19. The summed E-state index contributed by atoms with van der Waals surface area (Å²) >= 11 is 0. The molecule has 0 heterocycles. The van der Waals surface area contributed by atoms with Crippen molar-refractivity contribution in [2.45, 2.75) is 26.9 Å². The zero-order valence-corrected chi connectivity index (χ0v) is 8.37. The maximum Gasteiger partial charge on any atom is 0.119 e. The van der Waals surface area contributed by atoms with Crippen LogP contribution in [0.25, 0.3) is 0 Å². The molecule has 0 saturated carbocycles. The molecule has 0 fully saturated rings. The lowest BCUT2D eigenvalue weighted by atomic mass is 10.1. The SMILES string of the molecule is CCOc1cc(C)cc(C(C)O)c1. The van der Waals surface area contributed by atoms with Crippen molar-refractivity contribution in [1.29, 1.82) is 0 Å². The number of aliphatic hydroxyl groups excluding tert-OH is 1. The van der Waals surface area contributed by atoms with Gasteiger partial charge in [0.2, 0.25) is 0 Å². The Hall–Kier alpha value is -1.02. The van der Waals surface area contributed by atoms with Gasteiger partial charge in [-0.3, -0.25) is 0 Å². The highest BCUT2D eigenvalue weighted by molar-refractivity contribution is 5.34. The monoisotopic (exact) mass is 180 g/mol. The van der Waals surface area contributed by atoms with E-state index in [0.717, 1.165) is 16.9 Å². The molecule has 2 nitrogen and oxygen atoms in total. The average Bonchev–Trinajstić information content (AvgIpc) is 2.03. The van der Waals surface area contributed by atoms with Crippen molar-refractivity contribution in [3.05, 3.63) is 29.3 Å². The van der Waals surface area contributed by atoms with Crippen LogP contribution in [0.2, 0.25) is 0 Å². The summed E-state index contributed by atoms with van der Waals surface area (Å²) in [4.78, 5) is 0. The van der Waals surface area contributed by atoms with E-state index in [1.807, 2.05) is 32.0 Å². The second kappa shape index (κ2) is 4.28. The van der Waals surface area contributed by atoms with E-state index in [4.69, 9.17) is 4.74 Å². The van der Waals surface area contributed by atoms with E-state index in [1.165, 1.54) is 0 Å². The molecule has 0 aliphatic heterocycles. The molecule has 0 saturated heterocycles. The summed E-state index contributed by atoms with van der Waals surface area (Å²) in [5.74, 6) is 0.832. The zero-order valence-electron chi connectivity index (χ0n) is 8.37. The summed E-state index contributed by atoms with van der Waals surface area (Å²) in [7, 11) is 0. The van der Waals surface area contributed by atoms with E-state index in [-0.39, 0.29) is 0 Å². The smallest absolute Gasteiger partial charge is 0.119 e. The Kier molecular flexibility index (Phi) is 3.32. The maximum atomic E-state index is 9.39. The predicted molar refractivity (Wildman–Crippen MR) is 53.0 cm³/mol. The predicted octanol–water partition coefficient (Wildman–Crippen LogP) is 2.45. The molecule has 1 aromatic rings. The fourth-order valence-electron chi connectivity index (χ4n) is 1.27. The Morgan fingerprint density at radius 3 is 2.62 bits per heavy atom. The molecule has 1 rings (SSSR count). The lowest BCUT2D eigenvalue weighted by Crippen LogP contribution is -1.96. The van der Waals surface area contributed by atoms with E-state index in [0.29, 0.717) is 6.61 Å². The van der Waals surface area contributed by atoms with E-state index in [1.54, 1.807) is 6.92 Å². The summed E-state index contributed by atoms with van der Waals surface area (Å²) in [6, 6.07) is 5.81. The largest absolute Gasteiger partial charge is 0.494 e. The maximum absolute atomic E-state index is 9.39. The summed E-state index contributed by atoms with van der Waals surface area (Å²) in [6.07, 6.45) is -0.431. The summed E-state index contributed by atoms with van der Waals surface area (Å²) in [5.41, 5.74) is 2.02. The highest BCUT2D eigenvalue weighted by Crippen LogP contribution is 2.21. The first kappa shape index (κ1) is 10.1. The average molecular weight is 180 g/mol. The van der Waals surface area contributed by atoms with Gasteiger partial charge in [0.25, 0.3) is 0 Å². The Balaban J connectivity index is 2.96. The van der Waals surface area contributed by atoms with Gasteiger partial charge >= 0.3 is 0 Å². The first-order valence-corrected chi connectivity index (χ1v) is 4.56. The highest BCUT2D eigenvalue weighted by atomic mass is 16.5. The molecule has 0 aromatic heterocycles. The van der Waals surface area contributed by atoms with E-state index >= 15 is 0 Å². The molecular formula is C11H16O2. The molecule has 1 unspecified atom stereocenters. The van der Waals surface area contributed by atoms with Crippen LogP contribution in [0.1, 0.15) is 31.1 Å². The number of rotatable bonds is 3. The van der Waals surface area contributed by atoms with Crippen molar-refractivity contribution in [3.8, 4) is 5.75 Å². The van der Waals surface area contributed by atoms with Crippen LogP contribution >= 0.6 is 0 Å². The van der Waals surface area contributed by atoms with Crippen LogP contribution in [0.3, 0.4) is 0 Å². The van der Waals surface area contributed by atoms with E-state index < -0.39 is 6.10 Å². The lowest BCUT2D eigenvalue weighted by Gasteiger charge is -2.09. The van der Waals surface area contributed by atoms with Crippen molar-refractivity contribution < 1.29 is 9.84 Å². The molecule has 0 bridgehead atoms. The van der Waals surface area contributed by atoms with Crippen LogP contribution in [0.5, 0.6) is 5.75 Å². The fourth-order valence-corrected chi connectivity index (χ4v) is 1.27. The molecule has 0 radical (unpaired) electrons. The van der Waals surface area contributed by atoms with Gasteiger partial charge in [0.1, 0.15) is 5.75 Å². The molecule has 1 aromatic carbocycles. The zero-order chi connectivity index (χ0) is 9.84. The van der Waals surface area contributed by atoms with Gasteiger partial charge in [0, 0.05) is 0 Å². The number of hydrogen-bond donors (Lipinski definition) is 1. The number of aliphatic hydroxyl groups is 1. The minimum absolute atomic E-state index is 0.431. The molecule has 0 aliphatic carbocycles. The Bertz CT molecular complexity index is 279. The molecule has 2 heteroatoms. The van der Waals surface area contributed by atoms with Gasteiger partial charge in [0.05, 0.1) is 12.7 Å². The molecular weight excluding hydrogens is 164 g/mol. The first-order chi connectivity index (χ1) is 6.13. The number of hydrogen-bond acceptors (Lipinski definition) is 2. The molecule has 72 valence electrons. The van der Waals surface area contributed by atoms with Gasteiger partial charge in [-0.15, -0.1) is 0 Å². The van der Waals surface area contributed by atoms with Crippen LogP contribution < -0.4 is 4.74 Å². The molecule has 0 spiro atoms. The van der Waals surface area contributed by atoms with Crippen molar-refractivity contribution >= 4 is 0 Å². The van der Waals surface area contributed by atoms with Gasteiger partial charge in [-0.05, 0) is 44.0 Å². The van der Waals surface area contributed by atoms with Crippen molar-refractivity contribution in [3.63, 3.8) is 0 Å². The number of ether oxygens (including phenoxy) is 1. The summed E-state index contributed by atoms with van der Waals surface area (Å²) in [5, 5.41) is 9.39.